The minimum Gasteiger partial charge on any atom is -0.495 e. The molecule has 4 aromatic heterocycles. The maximum atomic E-state index is 13.3. The van der Waals surface area contributed by atoms with Gasteiger partial charge in [0.15, 0.2) is 17.4 Å². The summed E-state index contributed by atoms with van der Waals surface area (Å²) in [5.74, 6) is 0.521. The third-order valence-corrected chi connectivity index (χ3v) is 6.16. The molecular weight excluding hydrogens is 380 g/mol. The molecule has 0 saturated carbocycles. The Bertz CT molecular complexity index is 1430. The third kappa shape index (κ3) is 2.34. The molecule has 1 aliphatic heterocycles. The number of ether oxygens (including phenoxy) is 1. The fourth-order valence-corrected chi connectivity index (χ4v) is 4.48. The van der Waals surface area contributed by atoms with Gasteiger partial charge in [-0.1, -0.05) is 0 Å². The van der Waals surface area contributed by atoms with Gasteiger partial charge in [-0.15, -0.1) is 0 Å². The van der Waals surface area contributed by atoms with E-state index in [1.807, 2.05) is 24.0 Å². The maximum Gasteiger partial charge on any atom is 0.301 e. The maximum absolute atomic E-state index is 13.3. The number of pyridine rings is 2. The van der Waals surface area contributed by atoms with Gasteiger partial charge < -0.3 is 4.74 Å². The summed E-state index contributed by atoms with van der Waals surface area (Å²) < 4.78 is 36.3. The predicted molar refractivity (Wildman–Crippen MR) is 102 cm³/mol. The number of methoxy groups -OCH3 is 1. The van der Waals surface area contributed by atoms with Crippen molar-refractivity contribution in [2.45, 2.75) is 5.03 Å². The van der Waals surface area contributed by atoms with Gasteiger partial charge >= 0.3 is 10.0 Å². The van der Waals surface area contributed by atoms with E-state index in [0.29, 0.717) is 22.4 Å². The summed E-state index contributed by atoms with van der Waals surface area (Å²) in [6.45, 7) is 0. The van der Waals surface area contributed by atoms with Crippen LogP contribution in [0, 0.1) is 0 Å². The molecule has 0 atom stereocenters. The lowest BCUT2D eigenvalue weighted by molar-refractivity contribution is -0.423. The van der Waals surface area contributed by atoms with E-state index < -0.39 is 10.0 Å². The number of rotatable bonds is 4. The van der Waals surface area contributed by atoms with E-state index in [2.05, 4.69) is 15.1 Å². The van der Waals surface area contributed by atoms with Crippen molar-refractivity contribution >= 4 is 38.5 Å². The molecule has 0 N–H and O–H groups in total. The molecule has 0 aromatic carbocycles. The van der Waals surface area contributed by atoms with Gasteiger partial charge in [-0.05, 0) is 18.2 Å². The van der Waals surface area contributed by atoms with E-state index in [1.165, 1.54) is 23.9 Å². The van der Waals surface area contributed by atoms with Crippen LogP contribution < -0.4 is 4.74 Å². The lowest BCUT2D eigenvalue weighted by atomic mass is 10.1. The second kappa shape index (κ2) is 5.73. The number of nitrogens with zero attached hydrogens (tertiary/aromatic N) is 6. The Kier molecular flexibility index (Phi) is 3.40. The first-order chi connectivity index (χ1) is 13.5. The summed E-state index contributed by atoms with van der Waals surface area (Å²) in [5.41, 5.74) is 3.18. The van der Waals surface area contributed by atoms with Crippen LogP contribution in [0.25, 0.3) is 22.3 Å². The molecular formula is C18H15N6O3S+. The first-order valence-electron chi connectivity index (χ1n) is 8.37. The molecule has 0 spiro atoms. The van der Waals surface area contributed by atoms with Crippen LogP contribution in [0.3, 0.4) is 0 Å². The highest BCUT2D eigenvalue weighted by Crippen LogP contribution is 2.25. The Morgan fingerprint density at radius 2 is 1.96 bits per heavy atom. The molecule has 5 heterocycles. The van der Waals surface area contributed by atoms with Gasteiger partial charge in [-0.3, -0.25) is 9.38 Å². The minimum atomic E-state index is -4.00. The Balaban J connectivity index is 1.69. The van der Waals surface area contributed by atoms with Crippen molar-refractivity contribution < 1.29 is 17.7 Å². The van der Waals surface area contributed by atoms with Crippen molar-refractivity contribution in [2.75, 3.05) is 14.2 Å². The van der Waals surface area contributed by atoms with Crippen LogP contribution in [-0.2, 0) is 10.0 Å². The van der Waals surface area contributed by atoms with Gasteiger partial charge in [-0.25, -0.2) is 9.56 Å². The molecule has 0 unspecified atom stereocenters. The average molecular weight is 395 g/mol. The largest absolute Gasteiger partial charge is 0.495 e. The lowest BCUT2D eigenvalue weighted by Gasteiger charge is -2.08. The van der Waals surface area contributed by atoms with Gasteiger partial charge in [-0.2, -0.15) is 17.6 Å². The highest BCUT2D eigenvalue weighted by Gasteiger charge is 2.26. The number of fused-ring (bicyclic) bond motifs is 2. The molecule has 28 heavy (non-hydrogen) atoms. The molecule has 5 rings (SSSR count). The van der Waals surface area contributed by atoms with Gasteiger partial charge in [0.1, 0.15) is 35.1 Å². The third-order valence-electron chi connectivity index (χ3n) is 4.58. The van der Waals surface area contributed by atoms with Crippen LogP contribution >= 0.6 is 0 Å². The van der Waals surface area contributed by atoms with E-state index in [0.717, 1.165) is 15.2 Å². The Hall–Kier alpha value is -3.53. The van der Waals surface area contributed by atoms with Crippen LogP contribution in [0.15, 0.2) is 54.2 Å². The molecule has 0 bridgehead atoms. The van der Waals surface area contributed by atoms with E-state index in [1.54, 1.807) is 30.6 Å². The molecule has 0 amide bonds. The second-order valence-electron chi connectivity index (χ2n) is 6.39. The quantitative estimate of drug-likeness (QED) is 0.485. The average Bonchev–Trinajstić information content (AvgIpc) is 3.29. The molecule has 0 aliphatic carbocycles. The topological polar surface area (TPSA) is 94.4 Å². The van der Waals surface area contributed by atoms with Crippen molar-refractivity contribution in [3.63, 3.8) is 0 Å². The predicted octanol–water partition coefficient (Wildman–Crippen LogP) is 1.39. The summed E-state index contributed by atoms with van der Waals surface area (Å²) >= 11 is 0. The van der Waals surface area contributed by atoms with Gasteiger partial charge in [0.25, 0.3) is 0 Å². The van der Waals surface area contributed by atoms with E-state index in [4.69, 9.17) is 4.74 Å². The highest BCUT2D eigenvalue weighted by molar-refractivity contribution is 7.90. The lowest BCUT2D eigenvalue weighted by Crippen LogP contribution is -2.17. The molecule has 0 radical (unpaired) electrons. The summed E-state index contributed by atoms with van der Waals surface area (Å²) in [6, 6.07) is 5.18. The van der Waals surface area contributed by atoms with Gasteiger partial charge in [0.2, 0.25) is 0 Å². The summed E-state index contributed by atoms with van der Waals surface area (Å²) in [6.07, 6.45) is 9.91. The van der Waals surface area contributed by atoms with Crippen molar-refractivity contribution in [3.05, 3.63) is 54.7 Å². The fraction of sp³-hybridized carbons (Fsp3) is 0.111. The molecule has 1 aliphatic rings. The zero-order chi connectivity index (χ0) is 19.5. The Morgan fingerprint density at radius 3 is 2.71 bits per heavy atom. The minimum absolute atomic E-state index is 0.00837. The van der Waals surface area contributed by atoms with E-state index in [-0.39, 0.29) is 5.03 Å². The van der Waals surface area contributed by atoms with Crippen molar-refractivity contribution in [2.24, 2.45) is 0 Å². The molecule has 140 valence electrons. The first kappa shape index (κ1) is 16.6. The van der Waals surface area contributed by atoms with Crippen LogP contribution in [-0.4, -0.2) is 56.9 Å². The fourth-order valence-electron chi connectivity index (χ4n) is 3.15. The van der Waals surface area contributed by atoms with Crippen LogP contribution in [0.4, 0.5) is 0 Å². The monoisotopic (exact) mass is 395 g/mol. The molecule has 4 aromatic rings. The normalized spacial score (nSPS) is 14.1. The zero-order valence-electron chi connectivity index (χ0n) is 15.0. The van der Waals surface area contributed by atoms with Crippen LogP contribution in [0.1, 0.15) is 5.56 Å². The number of hydrogen-bond donors (Lipinski definition) is 0. The summed E-state index contributed by atoms with van der Waals surface area (Å²) in [4.78, 5) is 8.52. The van der Waals surface area contributed by atoms with Gasteiger partial charge in [0, 0.05) is 11.8 Å². The molecule has 0 saturated heterocycles. The van der Waals surface area contributed by atoms with Crippen molar-refractivity contribution in [1.82, 2.24) is 23.6 Å². The van der Waals surface area contributed by atoms with Crippen molar-refractivity contribution in [1.29, 1.82) is 0 Å². The summed E-state index contributed by atoms with van der Waals surface area (Å²) in [7, 11) is -0.564. The molecule has 0 fully saturated rings. The Morgan fingerprint density at radius 1 is 1.14 bits per heavy atom. The number of aromatic nitrogens is 5. The second-order valence-corrected chi connectivity index (χ2v) is 8.11. The summed E-state index contributed by atoms with van der Waals surface area (Å²) in [5, 5.41) is 4.08. The zero-order valence-corrected chi connectivity index (χ0v) is 15.8. The standard InChI is InChI=1S/C18H15N6O3S/c1-22-9-13(10-22)12-5-16-15(19-6-12)7-21-24(16)28(25,26)18-8-20-17-4-3-14(27-2)11-23(17)18/h3-11H,1-2H3/q+1. The number of hydrogen-bond acceptors (Lipinski definition) is 6. The Labute approximate surface area is 159 Å². The SMILES string of the molecule is COc1ccc2ncc(S(=O)(=O)n3ncc4ncc(C5=C[N+](C)=C5)cc43)n2c1. The molecule has 10 heteroatoms. The highest BCUT2D eigenvalue weighted by atomic mass is 32.2. The van der Waals surface area contributed by atoms with Crippen molar-refractivity contribution in [3.8, 4) is 5.75 Å². The van der Waals surface area contributed by atoms with E-state index in [9.17, 15) is 8.42 Å². The van der Waals surface area contributed by atoms with E-state index >= 15 is 0 Å². The molecule has 9 nitrogen and oxygen atoms in total. The van der Waals surface area contributed by atoms with Gasteiger partial charge in [0.05, 0.1) is 25.7 Å². The van der Waals surface area contributed by atoms with Crippen LogP contribution in [0.2, 0.25) is 0 Å². The smallest absolute Gasteiger partial charge is 0.301 e. The number of allylic oxidation sites excluding steroid dienone is 1. The number of imidazole rings is 1. The van der Waals surface area contributed by atoms with Crippen LogP contribution in [0.5, 0.6) is 5.75 Å². The first-order valence-corrected chi connectivity index (χ1v) is 9.81.